The summed E-state index contributed by atoms with van der Waals surface area (Å²) in [6, 6.07) is 10.1. The monoisotopic (exact) mass is 339 g/mol. The van der Waals surface area contributed by atoms with Gasteiger partial charge in [0, 0.05) is 37.3 Å². The van der Waals surface area contributed by atoms with Crippen molar-refractivity contribution in [2.45, 2.75) is 45.9 Å². The molecule has 0 radical (unpaired) electrons. The zero-order valence-corrected chi connectivity index (χ0v) is 14.8. The molecule has 5 heteroatoms. The van der Waals surface area contributed by atoms with E-state index in [1.807, 2.05) is 30.0 Å². The molecule has 5 nitrogen and oxygen atoms in total. The third kappa shape index (κ3) is 3.47. The van der Waals surface area contributed by atoms with Crippen molar-refractivity contribution >= 4 is 5.91 Å². The molecule has 1 aliphatic carbocycles. The quantitative estimate of drug-likeness (QED) is 0.813. The van der Waals surface area contributed by atoms with E-state index in [0.717, 1.165) is 36.6 Å². The maximum Gasteiger partial charge on any atom is 0.275 e. The Kier molecular flexibility index (Phi) is 4.57. The van der Waals surface area contributed by atoms with Gasteiger partial charge < -0.3 is 9.64 Å². The number of rotatable bonds is 6. The predicted octanol–water partition coefficient (Wildman–Crippen LogP) is 3.03. The molecule has 0 bridgehead atoms. The van der Waals surface area contributed by atoms with Crippen LogP contribution in [-0.2, 0) is 30.9 Å². The average Bonchev–Trinajstić information content (AvgIpc) is 3.40. The Balaban J connectivity index is 1.60. The summed E-state index contributed by atoms with van der Waals surface area (Å²) in [5.74, 6) is 0.754. The van der Waals surface area contributed by atoms with Crippen LogP contribution < -0.4 is 0 Å². The number of benzene rings is 1. The minimum atomic E-state index is 0.0163. The molecule has 2 aromatic rings. The molecule has 0 N–H and O–H groups in total. The highest BCUT2D eigenvalue weighted by Gasteiger charge is 2.30. The summed E-state index contributed by atoms with van der Waals surface area (Å²) in [5.41, 5.74) is 3.94. The average molecular weight is 339 g/mol. The van der Waals surface area contributed by atoms with Crippen molar-refractivity contribution in [3.05, 3.63) is 52.8 Å². The van der Waals surface area contributed by atoms with Crippen LogP contribution in [0.1, 0.15) is 47.1 Å². The predicted molar refractivity (Wildman–Crippen MR) is 95.2 cm³/mol. The maximum absolute atomic E-state index is 13.2. The Morgan fingerprint density at radius 2 is 2.12 bits per heavy atom. The molecule has 25 heavy (non-hydrogen) atoms. The fourth-order valence-corrected chi connectivity index (χ4v) is 3.46. The second kappa shape index (κ2) is 7.00. The van der Waals surface area contributed by atoms with Crippen molar-refractivity contribution in [3.8, 4) is 0 Å². The zero-order valence-electron chi connectivity index (χ0n) is 14.8. The minimum absolute atomic E-state index is 0.0163. The van der Waals surface area contributed by atoms with Crippen LogP contribution in [0.5, 0.6) is 0 Å². The fourth-order valence-electron chi connectivity index (χ4n) is 3.46. The summed E-state index contributed by atoms with van der Waals surface area (Å²) in [4.78, 5) is 15.0. The van der Waals surface area contributed by atoms with Crippen LogP contribution in [0.4, 0.5) is 0 Å². The fraction of sp³-hybridized carbons (Fsp3) is 0.500. The van der Waals surface area contributed by atoms with Crippen molar-refractivity contribution in [1.82, 2.24) is 14.7 Å². The van der Waals surface area contributed by atoms with Gasteiger partial charge in [0.05, 0.1) is 13.2 Å². The lowest BCUT2D eigenvalue weighted by atomic mass is 10.1. The van der Waals surface area contributed by atoms with Crippen LogP contribution in [-0.4, -0.2) is 33.7 Å². The van der Waals surface area contributed by atoms with Gasteiger partial charge in [0.2, 0.25) is 0 Å². The summed E-state index contributed by atoms with van der Waals surface area (Å²) in [7, 11) is 0. The highest BCUT2D eigenvalue weighted by Crippen LogP contribution is 2.32. The molecule has 1 aliphatic heterocycles. The van der Waals surface area contributed by atoms with Crippen LogP contribution in [0.15, 0.2) is 30.3 Å². The van der Waals surface area contributed by atoms with Gasteiger partial charge in [0.1, 0.15) is 0 Å². The van der Waals surface area contributed by atoms with Crippen molar-refractivity contribution in [1.29, 1.82) is 0 Å². The molecule has 0 spiro atoms. The third-order valence-electron chi connectivity index (χ3n) is 5.11. The van der Waals surface area contributed by atoms with Crippen LogP contribution in [0.3, 0.4) is 0 Å². The number of carbonyl (C=O) groups is 1. The number of amides is 1. The van der Waals surface area contributed by atoms with Crippen molar-refractivity contribution in [3.63, 3.8) is 0 Å². The SMILES string of the molecule is CCN(Cc1ccccc1)C(=O)c1nn(CC2CC2)c2c1COCC2. The highest BCUT2D eigenvalue weighted by molar-refractivity contribution is 5.94. The molecule has 132 valence electrons. The van der Waals surface area contributed by atoms with E-state index in [4.69, 9.17) is 9.84 Å². The van der Waals surface area contributed by atoms with E-state index in [0.29, 0.717) is 25.4 Å². The lowest BCUT2D eigenvalue weighted by Gasteiger charge is -2.21. The van der Waals surface area contributed by atoms with E-state index in [9.17, 15) is 4.79 Å². The second-order valence-electron chi connectivity index (χ2n) is 7.01. The number of nitrogens with zero attached hydrogens (tertiary/aromatic N) is 3. The summed E-state index contributed by atoms with van der Waals surface area (Å²) < 4.78 is 7.71. The third-order valence-corrected chi connectivity index (χ3v) is 5.11. The highest BCUT2D eigenvalue weighted by atomic mass is 16.5. The molecule has 0 atom stereocenters. The van der Waals surface area contributed by atoms with E-state index in [2.05, 4.69) is 16.8 Å². The number of hydrogen-bond donors (Lipinski definition) is 0. The molecule has 1 aromatic carbocycles. The Morgan fingerprint density at radius 3 is 2.84 bits per heavy atom. The number of carbonyl (C=O) groups excluding carboxylic acids is 1. The first-order chi connectivity index (χ1) is 12.3. The Morgan fingerprint density at radius 1 is 1.32 bits per heavy atom. The summed E-state index contributed by atoms with van der Waals surface area (Å²) in [6.07, 6.45) is 3.42. The Bertz CT molecular complexity index is 750. The minimum Gasteiger partial charge on any atom is -0.376 e. The maximum atomic E-state index is 13.2. The first kappa shape index (κ1) is 16.3. The lowest BCUT2D eigenvalue weighted by Crippen LogP contribution is -2.31. The molecule has 1 saturated carbocycles. The molecular formula is C20H25N3O2. The van der Waals surface area contributed by atoms with Crippen LogP contribution in [0, 0.1) is 5.92 Å². The van der Waals surface area contributed by atoms with E-state index >= 15 is 0 Å². The van der Waals surface area contributed by atoms with E-state index < -0.39 is 0 Å². The van der Waals surface area contributed by atoms with Gasteiger partial charge in [0.15, 0.2) is 5.69 Å². The molecule has 1 amide bonds. The summed E-state index contributed by atoms with van der Waals surface area (Å²) >= 11 is 0. The topological polar surface area (TPSA) is 47.4 Å². The number of hydrogen-bond acceptors (Lipinski definition) is 3. The van der Waals surface area contributed by atoms with Gasteiger partial charge in [0.25, 0.3) is 5.91 Å². The summed E-state index contributed by atoms with van der Waals surface area (Å²) in [6.45, 7) is 5.47. The van der Waals surface area contributed by atoms with Gasteiger partial charge in [-0.15, -0.1) is 0 Å². The van der Waals surface area contributed by atoms with Gasteiger partial charge in [-0.25, -0.2) is 0 Å². The smallest absolute Gasteiger partial charge is 0.275 e. The Hall–Kier alpha value is -2.14. The van der Waals surface area contributed by atoms with Crippen LogP contribution in [0.25, 0.3) is 0 Å². The lowest BCUT2D eigenvalue weighted by molar-refractivity contribution is 0.0733. The molecule has 4 rings (SSSR count). The van der Waals surface area contributed by atoms with Crippen LogP contribution >= 0.6 is 0 Å². The van der Waals surface area contributed by atoms with Gasteiger partial charge in [-0.3, -0.25) is 9.48 Å². The van der Waals surface area contributed by atoms with Crippen molar-refractivity contribution in [2.24, 2.45) is 5.92 Å². The molecule has 0 saturated heterocycles. The number of ether oxygens (including phenoxy) is 1. The van der Waals surface area contributed by atoms with E-state index in [1.165, 1.54) is 18.5 Å². The van der Waals surface area contributed by atoms with Gasteiger partial charge in [-0.2, -0.15) is 5.10 Å². The standard InChI is InChI=1S/C20H25N3O2/c1-2-22(12-15-6-4-3-5-7-15)20(24)19-17-14-25-11-10-18(17)23(21-19)13-16-8-9-16/h3-7,16H,2,8-14H2,1H3. The molecule has 0 unspecified atom stereocenters. The van der Waals surface area contributed by atoms with Gasteiger partial charge in [-0.1, -0.05) is 30.3 Å². The molecule has 2 aliphatic rings. The van der Waals surface area contributed by atoms with E-state index in [-0.39, 0.29) is 5.91 Å². The number of fused-ring (bicyclic) bond motifs is 1. The van der Waals surface area contributed by atoms with Crippen molar-refractivity contribution < 1.29 is 9.53 Å². The normalized spacial score (nSPS) is 16.5. The first-order valence-corrected chi connectivity index (χ1v) is 9.25. The Labute approximate surface area is 148 Å². The summed E-state index contributed by atoms with van der Waals surface area (Å²) in [5, 5.41) is 4.73. The molecule has 1 aromatic heterocycles. The second-order valence-corrected chi connectivity index (χ2v) is 7.01. The molecular weight excluding hydrogens is 314 g/mol. The van der Waals surface area contributed by atoms with Crippen molar-refractivity contribution in [2.75, 3.05) is 13.2 Å². The zero-order chi connectivity index (χ0) is 17.2. The molecule has 2 heterocycles. The largest absolute Gasteiger partial charge is 0.376 e. The van der Waals surface area contributed by atoms with Gasteiger partial charge in [-0.05, 0) is 31.2 Å². The van der Waals surface area contributed by atoms with Gasteiger partial charge >= 0.3 is 0 Å². The molecule has 1 fully saturated rings. The first-order valence-electron chi connectivity index (χ1n) is 9.25. The number of aromatic nitrogens is 2. The van der Waals surface area contributed by atoms with E-state index in [1.54, 1.807) is 0 Å². The van der Waals surface area contributed by atoms with Crippen LogP contribution in [0.2, 0.25) is 0 Å².